The maximum atomic E-state index is 13.6. The minimum Gasteiger partial charge on any atom is -0.474 e. The second kappa shape index (κ2) is 7.49. The first-order valence-corrected chi connectivity index (χ1v) is 8.69. The molecule has 0 saturated heterocycles. The van der Waals surface area contributed by atoms with Gasteiger partial charge in [0.1, 0.15) is 18.5 Å². The highest BCUT2D eigenvalue weighted by atomic mass is 79.9. The van der Waals surface area contributed by atoms with Crippen LogP contribution in [0.25, 0.3) is 0 Å². The average Bonchev–Trinajstić information content (AvgIpc) is 3.03. The van der Waals surface area contributed by atoms with Crippen molar-refractivity contribution in [2.24, 2.45) is 0 Å². The van der Waals surface area contributed by atoms with E-state index in [9.17, 15) is 4.39 Å². The highest BCUT2D eigenvalue weighted by molar-refractivity contribution is 9.10. The van der Waals surface area contributed by atoms with Gasteiger partial charge in [0.15, 0.2) is 0 Å². The molecule has 1 fully saturated rings. The summed E-state index contributed by atoms with van der Waals surface area (Å²) in [5.41, 5.74) is 0.566. The van der Waals surface area contributed by atoms with Crippen LogP contribution < -0.4 is 9.47 Å². The van der Waals surface area contributed by atoms with Crippen molar-refractivity contribution in [3.8, 4) is 11.8 Å². The van der Waals surface area contributed by atoms with Crippen molar-refractivity contribution < 1.29 is 13.9 Å². The number of hydrogen-bond acceptors (Lipinski definition) is 3. The molecule has 6 heteroatoms. The molecule has 0 spiro atoms. The summed E-state index contributed by atoms with van der Waals surface area (Å²) < 4.78 is 25.4. The van der Waals surface area contributed by atoms with Crippen molar-refractivity contribution in [2.45, 2.75) is 38.4 Å². The molecular weight excluding hydrogens is 385 g/mol. The van der Waals surface area contributed by atoms with E-state index in [1.165, 1.54) is 25.0 Å². The molecule has 2 aromatic rings. The predicted octanol–water partition coefficient (Wildman–Crippen LogP) is 5.54. The van der Waals surface area contributed by atoms with Gasteiger partial charge in [-0.3, -0.25) is 0 Å². The van der Waals surface area contributed by atoms with E-state index in [0.717, 1.165) is 12.8 Å². The Morgan fingerprint density at radius 3 is 2.74 bits per heavy atom. The van der Waals surface area contributed by atoms with Gasteiger partial charge in [-0.25, -0.2) is 4.39 Å². The van der Waals surface area contributed by atoms with Gasteiger partial charge in [0.25, 0.3) is 0 Å². The van der Waals surface area contributed by atoms with E-state index in [1.54, 1.807) is 6.07 Å². The number of halogens is 3. The van der Waals surface area contributed by atoms with E-state index in [4.69, 9.17) is 21.1 Å². The van der Waals surface area contributed by atoms with Crippen LogP contribution in [0.1, 0.15) is 31.2 Å². The minimum atomic E-state index is -0.376. The molecule has 23 heavy (non-hydrogen) atoms. The largest absolute Gasteiger partial charge is 0.474 e. The average molecular weight is 401 g/mol. The van der Waals surface area contributed by atoms with Gasteiger partial charge in [-0.15, -0.1) is 0 Å². The van der Waals surface area contributed by atoms with Crippen molar-refractivity contribution in [1.29, 1.82) is 0 Å². The zero-order valence-electron chi connectivity index (χ0n) is 12.4. The lowest BCUT2D eigenvalue weighted by molar-refractivity contribution is 0.197. The zero-order chi connectivity index (χ0) is 16.2. The first kappa shape index (κ1) is 16.5. The Morgan fingerprint density at radius 2 is 1.96 bits per heavy atom. The maximum Gasteiger partial charge on any atom is 0.216 e. The fourth-order valence-corrected chi connectivity index (χ4v) is 3.24. The lowest BCUT2D eigenvalue weighted by atomic mass is 10.2. The van der Waals surface area contributed by atoms with Gasteiger partial charge in [0, 0.05) is 22.7 Å². The summed E-state index contributed by atoms with van der Waals surface area (Å²) in [6.45, 7) is 0.142. The first-order chi connectivity index (χ1) is 11.1. The minimum absolute atomic E-state index is 0.142. The number of ether oxygens (including phenoxy) is 2. The third-order valence-electron chi connectivity index (χ3n) is 3.75. The quantitative estimate of drug-likeness (QED) is 0.618. The standard InChI is InChI=1S/C17H16BrClFNO2/c18-13-9-14(19)11(8-15(13)20)10-22-16-6-3-7-17(21-16)23-12-4-1-2-5-12/h3,6-9,12H,1-2,4-5,10H2. The topological polar surface area (TPSA) is 31.4 Å². The van der Waals surface area contributed by atoms with Crippen molar-refractivity contribution in [1.82, 2.24) is 4.98 Å². The van der Waals surface area contributed by atoms with Gasteiger partial charge in [0.2, 0.25) is 11.8 Å². The number of nitrogens with zero attached hydrogens (tertiary/aromatic N) is 1. The molecule has 122 valence electrons. The third kappa shape index (κ3) is 4.36. The fraction of sp³-hybridized carbons (Fsp3) is 0.353. The van der Waals surface area contributed by atoms with E-state index in [0.29, 0.717) is 26.8 Å². The van der Waals surface area contributed by atoms with Crippen LogP contribution in [0.5, 0.6) is 11.8 Å². The summed E-state index contributed by atoms with van der Waals surface area (Å²) in [7, 11) is 0. The Bertz CT molecular complexity index is 692. The van der Waals surface area contributed by atoms with Crippen LogP contribution in [0.2, 0.25) is 5.02 Å². The van der Waals surface area contributed by atoms with Crippen molar-refractivity contribution in [3.05, 3.63) is 51.2 Å². The van der Waals surface area contributed by atoms with E-state index < -0.39 is 0 Å². The molecular formula is C17H16BrClFNO2. The van der Waals surface area contributed by atoms with E-state index in [-0.39, 0.29) is 18.5 Å². The zero-order valence-corrected chi connectivity index (χ0v) is 14.7. The lowest BCUT2D eigenvalue weighted by Gasteiger charge is -2.13. The van der Waals surface area contributed by atoms with Crippen LogP contribution in [0.3, 0.4) is 0 Å². The summed E-state index contributed by atoms with van der Waals surface area (Å²) in [4.78, 5) is 4.33. The highest BCUT2D eigenvalue weighted by Crippen LogP contribution is 2.27. The molecule has 1 aliphatic rings. The lowest BCUT2D eigenvalue weighted by Crippen LogP contribution is -2.12. The van der Waals surface area contributed by atoms with Crippen LogP contribution >= 0.6 is 27.5 Å². The van der Waals surface area contributed by atoms with Gasteiger partial charge in [0.05, 0.1) is 4.47 Å². The smallest absolute Gasteiger partial charge is 0.216 e. The number of aromatic nitrogens is 1. The molecule has 0 amide bonds. The van der Waals surface area contributed by atoms with Crippen molar-refractivity contribution in [2.75, 3.05) is 0 Å². The normalized spacial score (nSPS) is 14.9. The molecule has 1 aromatic heterocycles. The predicted molar refractivity (Wildman–Crippen MR) is 90.6 cm³/mol. The van der Waals surface area contributed by atoms with E-state index >= 15 is 0 Å². The number of rotatable bonds is 5. The Hall–Kier alpha value is -1.33. The summed E-state index contributed by atoms with van der Waals surface area (Å²) in [5.74, 6) is 0.613. The van der Waals surface area contributed by atoms with Gasteiger partial charge >= 0.3 is 0 Å². The molecule has 0 radical (unpaired) electrons. The number of benzene rings is 1. The van der Waals surface area contributed by atoms with Gasteiger partial charge in [-0.05, 0) is 53.7 Å². The van der Waals surface area contributed by atoms with Gasteiger partial charge in [-0.2, -0.15) is 4.98 Å². The maximum absolute atomic E-state index is 13.6. The molecule has 1 saturated carbocycles. The fourth-order valence-electron chi connectivity index (χ4n) is 2.54. The Labute approximate surface area is 147 Å². The summed E-state index contributed by atoms with van der Waals surface area (Å²) in [5, 5.41) is 0.441. The van der Waals surface area contributed by atoms with E-state index in [1.807, 2.05) is 12.1 Å². The van der Waals surface area contributed by atoms with Gasteiger partial charge < -0.3 is 9.47 Å². The molecule has 0 atom stereocenters. The molecule has 0 N–H and O–H groups in total. The van der Waals surface area contributed by atoms with Crippen LogP contribution in [-0.4, -0.2) is 11.1 Å². The van der Waals surface area contributed by atoms with Crippen LogP contribution in [-0.2, 0) is 6.61 Å². The number of pyridine rings is 1. The summed E-state index contributed by atoms with van der Waals surface area (Å²) >= 11 is 9.19. The molecule has 0 unspecified atom stereocenters. The van der Waals surface area contributed by atoms with Crippen LogP contribution in [0, 0.1) is 5.82 Å². The molecule has 3 rings (SSSR count). The third-order valence-corrected chi connectivity index (χ3v) is 4.71. The second-order valence-electron chi connectivity index (χ2n) is 5.48. The summed E-state index contributed by atoms with van der Waals surface area (Å²) in [6.07, 6.45) is 4.79. The Balaban J connectivity index is 1.65. The van der Waals surface area contributed by atoms with Crippen molar-refractivity contribution >= 4 is 27.5 Å². The Morgan fingerprint density at radius 1 is 1.22 bits per heavy atom. The molecule has 1 aliphatic carbocycles. The molecule has 3 nitrogen and oxygen atoms in total. The Kier molecular flexibility index (Phi) is 5.38. The van der Waals surface area contributed by atoms with Gasteiger partial charge in [-0.1, -0.05) is 17.7 Å². The number of hydrogen-bond donors (Lipinski definition) is 0. The first-order valence-electron chi connectivity index (χ1n) is 7.52. The molecule has 0 bridgehead atoms. The second-order valence-corrected chi connectivity index (χ2v) is 6.75. The van der Waals surface area contributed by atoms with Crippen LogP contribution in [0.15, 0.2) is 34.8 Å². The SMILES string of the molecule is Fc1cc(COc2cccc(OC3CCCC3)n2)c(Cl)cc1Br. The highest BCUT2D eigenvalue weighted by Gasteiger charge is 2.17. The summed E-state index contributed by atoms with van der Waals surface area (Å²) in [6, 6.07) is 8.26. The monoisotopic (exact) mass is 399 g/mol. The van der Waals surface area contributed by atoms with E-state index in [2.05, 4.69) is 20.9 Å². The van der Waals surface area contributed by atoms with Crippen molar-refractivity contribution in [3.63, 3.8) is 0 Å². The van der Waals surface area contributed by atoms with Crippen LogP contribution in [0.4, 0.5) is 4.39 Å². The molecule has 0 aliphatic heterocycles. The molecule has 1 heterocycles. The molecule has 1 aromatic carbocycles.